The summed E-state index contributed by atoms with van der Waals surface area (Å²) >= 11 is 0. The number of hydrogen-bond acceptors (Lipinski definition) is 3. The number of nitrogens with one attached hydrogen (secondary N) is 2. The number of rotatable bonds is 6. The van der Waals surface area contributed by atoms with Crippen LogP contribution in [0.2, 0.25) is 0 Å². The molecule has 0 atom stereocenters. The number of carbonyl (C=O) groups excluding carboxylic acids is 1. The van der Waals surface area contributed by atoms with Gasteiger partial charge in [0.05, 0.1) is 0 Å². The first-order valence-corrected chi connectivity index (χ1v) is 9.48. The fourth-order valence-electron chi connectivity index (χ4n) is 3.43. The van der Waals surface area contributed by atoms with Crippen molar-refractivity contribution < 1.29 is 4.79 Å². The molecule has 0 bridgehead atoms. The van der Waals surface area contributed by atoms with Gasteiger partial charge in [0.1, 0.15) is 0 Å². The summed E-state index contributed by atoms with van der Waals surface area (Å²) < 4.78 is 0. The summed E-state index contributed by atoms with van der Waals surface area (Å²) in [6.07, 6.45) is 2.65. The maximum atomic E-state index is 12.0. The molecule has 1 aromatic carbocycles. The molecule has 25 heavy (non-hydrogen) atoms. The zero-order valence-corrected chi connectivity index (χ0v) is 15.8. The van der Waals surface area contributed by atoms with Crippen molar-refractivity contribution in [1.29, 1.82) is 0 Å². The molecule has 1 aliphatic carbocycles. The Morgan fingerprint density at radius 3 is 2.52 bits per heavy atom. The first-order chi connectivity index (χ1) is 11.9. The molecular weight excluding hydrogens is 312 g/mol. The van der Waals surface area contributed by atoms with E-state index in [1.807, 2.05) is 0 Å². The van der Waals surface area contributed by atoms with Gasteiger partial charge in [-0.3, -0.25) is 9.80 Å². The molecule has 0 spiro atoms. The summed E-state index contributed by atoms with van der Waals surface area (Å²) in [5.74, 6) is 0.782. The zero-order chi connectivity index (χ0) is 17.9. The molecule has 5 nitrogen and oxygen atoms in total. The molecule has 2 aliphatic rings. The number of nitrogens with zero attached hydrogens (tertiary/aromatic N) is 2. The molecule has 1 heterocycles. The van der Waals surface area contributed by atoms with Crippen molar-refractivity contribution in [3.8, 4) is 0 Å². The van der Waals surface area contributed by atoms with E-state index in [9.17, 15) is 4.79 Å². The Kier molecular flexibility index (Phi) is 5.64. The van der Waals surface area contributed by atoms with E-state index in [1.54, 1.807) is 0 Å². The highest BCUT2D eigenvalue weighted by Gasteiger charge is 2.30. The van der Waals surface area contributed by atoms with E-state index in [2.05, 4.69) is 65.6 Å². The van der Waals surface area contributed by atoms with Gasteiger partial charge in [0.2, 0.25) is 0 Å². The quantitative estimate of drug-likeness (QED) is 0.833. The molecule has 2 amide bonds. The summed E-state index contributed by atoms with van der Waals surface area (Å²) in [5, 5.41) is 5.92. The van der Waals surface area contributed by atoms with Crippen molar-refractivity contribution in [3.63, 3.8) is 0 Å². The second kappa shape index (κ2) is 7.75. The van der Waals surface area contributed by atoms with Crippen LogP contribution >= 0.6 is 0 Å². The fourth-order valence-corrected chi connectivity index (χ4v) is 3.43. The number of benzene rings is 1. The first kappa shape index (κ1) is 18.2. The van der Waals surface area contributed by atoms with E-state index in [0.717, 1.165) is 37.7 Å². The van der Waals surface area contributed by atoms with Gasteiger partial charge < -0.3 is 10.6 Å². The van der Waals surface area contributed by atoms with Gasteiger partial charge in [0.15, 0.2) is 0 Å². The van der Waals surface area contributed by atoms with Gasteiger partial charge in [-0.1, -0.05) is 24.3 Å². The summed E-state index contributed by atoms with van der Waals surface area (Å²) in [4.78, 5) is 16.8. The minimum absolute atomic E-state index is 0.0837. The van der Waals surface area contributed by atoms with E-state index in [0.29, 0.717) is 13.1 Å². The summed E-state index contributed by atoms with van der Waals surface area (Å²) in [6, 6.07) is 8.56. The van der Waals surface area contributed by atoms with Crippen LogP contribution in [0.25, 0.3) is 0 Å². The number of urea groups is 1. The van der Waals surface area contributed by atoms with Crippen LogP contribution in [0, 0.1) is 0 Å². The topological polar surface area (TPSA) is 47.6 Å². The monoisotopic (exact) mass is 344 g/mol. The molecule has 1 aromatic rings. The number of amides is 2. The first-order valence-electron chi connectivity index (χ1n) is 9.48. The van der Waals surface area contributed by atoms with Crippen LogP contribution in [0.5, 0.6) is 0 Å². The van der Waals surface area contributed by atoms with Gasteiger partial charge in [0, 0.05) is 44.8 Å². The molecule has 0 unspecified atom stereocenters. The maximum Gasteiger partial charge on any atom is 0.315 e. The minimum atomic E-state index is -0.0837. The highest BCUT2D eigenvalue weighted by atomic mass is 16.2. The molecule has 0 aromatic heterocycles. The van der Waals surface area contributed by atoms with Crippen molar-refractivity contribution in [2.45, 2.75) is 44.7 Å². The summed E-state index contributed by atoms with van der Waals surface area (Å²) in [6.45, 7) is 9.90. The van der Waals surface area contributed by atoms with E-state index in [1.165, 1.54) is 18.4 Å². The van der Waals surface area contributed by atoms with Gasteiger partial charge >= 0.3 is 6.03 Å². The Labute approximate surface area is 151 Å². The molecule has 1 aliphatic heterocycles. The van der Waals surface area contributed by atoms with Gasteiger partial charge in [-0.2, -0.15) is 0 Å². The predicted molar refractivity (Wildman–Crippen MR) is 102 cm³/mol. The largest absolute Gasteiger partial charge is 0.337 e. The average molecular weight is 345 g/mol. The lowest BCUT2D eigenvalue weighted by Crippen LogP contribution is -2.58. The smallest absolute Gasteiger partial charge is 0.315 e. The van der Waals surface area contributed by atoms with Gasteiger partial charge in [-0.15, -0.1) is 0 Å². The maximum absolute atomic E-state index is 12.0. The van der Waals surface area contributed by atoms with E-state index >= 15 is 0 Å². The Bertz CT molecular complexity index is 580. The molecule has 3 rings (SSSR count). The third-order valence-electron chi connectivity index (χ3n) is 5.59. The molecule has 2 fully saturated rings. The number of hydrogen-bond donors (Lipinski definition) is 2. The highest BCUT2D eigenvalue weighted by molar-refractivity contribution is 5.73. The number of likely N-dealkylation sites (N-methyl/N-ethyl adjacent to an activating group) is 1. The third kappa shape index (κ3) is 5.19. The Hall–Kier alpha value is -1.59. The van der Waals surface area contributed by atoms with Crippen molar-refractivity contribution in [1.82, 2.24) is 20.4 Å². The van der Waals surface area contributed by atoms with Crippen LogP contribution in [0.15, 0.2) is 24.3 Å². The van der Waals surface area contributed by atoms with Crippen LogP contribution in [0.3, 0.4) is 0 Å². The molecule has 0 radical (unpaired) electrons. The second-order valence-corrected chi connectivity index (χ2v) is 8.14. The average Bonchev–Trinajstić information content (AvgIpc) is 3.41. The normalized spacial score (nSPS) is 21.1. The van der Waals surface area contributed by atoms with Crippen molar-refractivity contribution >= 4 is 6.03 Å². The Morgan fingerprint density at radius 2 is 1.88 bits per heavy atom. The summed E-state index contributed by atoms with van der Waals surface area (Å²) in [5.41, 5.74) is 2.79. The summed E-state index contributed by atoms with van der Waals surface area (Å²) in [7, 11) is 2.18. The standard InChI is InChI=1S/C20H32N4O/c1-20(2)15-24(13-12-23(20)3)11-10-21-19(25)22-14-16-4-6-17(7-5-16)18-8-9-18/h4-7,18H,8-15H2,1-3H3,(H2,21,22,25). The molecular formula is C20H32N4O. The van der Waals surface area contributed by atoms with Crippen LogP contribution < -0.4 is 10.6 Å². The lowest BCUT2D eigenvalue weighted by molar-refractivity contribution is 0.0410. The molecule has 1 saturated carbocycles. The van der Waals surface area contributed by atoms with Crippen molar-refractivity contribution in [3.05, 3.63) is 35.4 Å². The van der Waals surface area contributed by atoms with Crippen LogP contribution in [0.4, 0.5) is 4.79 Å². The van der Waals surface area contributed by atoms with Crippen LogP contribution in [-0.2, 0) is 6.54 Å². The van der Waals surface area contributed by atoms with Crippen LogP contribution in [-0.4, -0.2) is 61.1 Å². The third-order valence-corrected chi connectivity index (χ3v) is 5.59. The lowest BCUT2D eigenvalue weighted by Gasteiger charge is -2.45. The Balaban J connectivity index is 1.33. The van der Waals surface area contributed by atoms with Crippen molar-refractivity contribution in [2.24, 2.45) is 0 Å². The zero-order valence-electron chi connectivity index (χ0n) is 15.8. The number of carbonyl (C=O) groups is 1. The van der Waals surface area contributed by atoms with Gasteiger partial charge in [-0.05, 0) is 50.8 Å². The minimum Gasteiger partial charge on any atom is -0.337 e. The van der Waals surface area contributed by atoms with E-state index in [4.69, 9.17) is 0 Å². The van der Waals surface area contributed by atoms with Crippen LogP contribution in [0.1, 0.15) is 43.7 Å². The lowest BCUT2D eigenvalue weighted by atomic mass is 10.00. The van der Waals surface area contributed by atoms with Gasteiger partial charge in [-0.25, -0.2) is 4.79 Å². The van der Waals surface area contributed by atoms with Crippen molar-refractivity contribution in [2.75, 3.05) is 39.8 Å². The highest BCUT2D eigenvalue weighted by Crippen LogP contribution is 2.39. The molecule has 1 saturated heterocycles. The fraction of sp³-hybridized carbons (Fsp3) is 0.650. The molecule has 5 heteroatoms. The van der Waals surface area contributed by atoms with Gasteiger partial charge in [0.25, 0.3) is 0 Å². The van der Waals surface area contributed by atoms with E-state index < -0.39 is 0 Å². The molecule has 138 valence electrons. The predicted octanol–water partition coefficient (Wildman–Crippen LogP) is 2.39. The van der Waals surface area contributed by atoms with E-state index in [-0.39, 0.29) is 11.6 Å². The Morgan fingerprint density at radius 1 is 1.16 bits per heavy atom. The molecule has 2 N–H and O–H groups in total. The SMILES string of the molecule is CN1CCN(CCNC(=O)NCc2ccc(C3CC3)cc2)CC1(C)C. The second-order valence-electron chi connectivity index (χ2n) is 8.14. The number of piperazine rings is 1.